The van der Waals surface area contributed by atoms with Crippen LogP contribution in [-0.4, -0.2) is 30.9 Å². The predicted molar refractivity (Wildman–Crippen MR) is 129 cm³/mol. The maximum atomic E-state index is 11.1. The number of anilines is 2. The Bertz CT molecular complexity index is 1260. The number of rotatable bonds is 6. The van der Waals surface area contributed by atoms with Gasteiger partial charge in [0.25, 0.3) is 0 Å². The summed E-state index contributed by atoms with van der Waals surface area (Å²) in [6.45, 7) is 3.84. The van der Waals surface area contributed by atoms with Gasteiger partial charge in [0.05, 0.1) is 46.8 Å². The molecule has 156 valence electrons. The van der Waals surface area contributed by atoms with E-state index >= 15 is 0 Å². The summed E-state index contributed by atoms with van der Waals surface area (Å²) in [4.78, 5) is 19.9. The van der Waals surface area contributed by atoms with Crippen LogP contribution in [0.3, 0.4) is 0 Å². The van der Waals surface area contributed by atoms with Crippen LogP contribution in [0.25, 0.3) is 22.2 Å². The first-order valence-corrected chi connectivity index (χ1v) is 10.6. The van der Waals surface area contributed by atoms with Crippen molar-refractivity contribution in [2.45, 2.75) is 20.4 Å². The fourth-order valence-electron chi connectivity index (χ4n) is 3.14. The number of carbonyl (C=O) groups is 1. The normalized spacial score (nSPS) is 11.5. The SMILES string of the molecule is CC(=O)N/C(C)=C/Cn1cc(-c2cccc(N(I)c3ncnc4ccccc34)c2)nn1. The van der Waals surface area contributed by atoms with E-state index in [1.807, 2.05) is 64.8 Å². The molecule has 9 heteroatoms. The number of aromatic nitrogens is 5. The molecule has 4 rings (SSSR count). The summed E-state index contributed by atoms with van der Waals surface area (Å²) in [5.41, 5.74) is 4.37. The molecule has 0 saturated heterocycles. The number of amides is 1. The van der Waals surface area contributed by atoms with Gasteiger partial charge in [-0.1, -0.05) is 29.5 Å². The number of nitrogens with one attached hydrogen (secondary N) is 1. The summed E-state index contributed by atoms with van der Waals surface area (Å²) in [5, 5.41) is 12.2. The summed E-state index contributed by atoms with van der Waals surface area (Å²) in [7, 11) is 0. The number of hydrogen-bond donors (Lipinski definition) is 1. The Kier molecular flexibility index (Phi) is 6.21. The highest BCUT2D eigenvalue weighted by Gasteiger charge is 2.13. The summed E-state index contributed by atoms with van der Waals surface area (Å²) in [6.07, 6.45) is 5.35. The number of fused-ring (bicyclic) bond motifs is 1. The van der Waals surface area contributed by atoms with E-state index in [2.05, 4.69) is 54.5 Å². The van der Waals surface area contributed by atoms with E-state index in [9.17, 15) is 4.79 Å². The fourth-order valence-corrected chi connectivity index (χ4v) is 3.82. The van der Waals surface area contributed by atoms with E-state index in [1.54, 1.807) is 11.0 Å². The third-order valence-electron chi connectivity index (χ3n) is 4.57. The monoisotopic (exact) mass is 525 g/mol. The standard InChI is InChI=1S/C22H20IN7O/c1-15(26-16(2)31)10-11-29-13-21(27-28-29)17-6-5-7-18(12-17)30(23)22-19-8-3-4-9-20(19)24-14-25-22/h3-10,12-14H,11H2,1-2H3,(H,26,31)/b15-10+. The maximum absolute atomic E-state index is 11.1. The Hall–Kier alpha value is -3.34. The predicted octanol–water partition coefficient (Wildman–Crippen LogP) is 4.42. The maximum Gasteiger partial charge on any atom is 0.220 e. The molecule has 0 aliphatic carbocycles. The van der Waals surface area contributed by atoms with Crippen molar-refractivity contribution in [1.29, 1.82) is 0 Å². The van der Waals surface area contributed by atoms with Crippen molar-refractivity contribution in [3.8, 4) is 11.3 Å². The average Bonchev–Trinajstić information content (AvgIpc) is 3.26. The Balaban J connectivity index is 1.58. The van der Waals surface area contributed by atoms with E-state index in [1.165, 1.54) is 6.92 Å². The van der Waals surface area contributed by atoms with Crippen molar-refractivity contribution in [3.63, 3.8) is 0 Å². The zero-order valence-corrected chi connectivity index (χ0v) is 19.2. The molecule has 0 aliphatic heterocycles. The Labute approximate surface area is 193 Å². The number of hydrogen-bond acceptors (Lipinski definition) is 6. The van der Waals surface area contributed by atoms with Crippen molar-refractivity contribution >= 4 is 51.2 Å². The molecule has 0 radical (unpaired) electrons. The lowest BCUT2D eigenvalue weighted by Crippen LogP contribution is -2.17. The van der Waals surface area contributed by atoms with Crippen molar-refractivity contribution in [2.75, 3.05) is 3.11 Å². The van der Waals surface area contributed by atoms with Crippen LogP contribution in [0.2, 0.25) is 0 Å². The number of allylic oxidation sites excluding steroid dienone is 2. The minimum atomic E-state index is -0.0929. The van der Waals surface area contributed by atoms with Crippen LogP contribution in [0.4, 0.5) is 11.5 Å². The van der Waals surface area contributed by atoms with Gasteiger partial charge < -0.3 is 5.32 Å². The zero-order valence-electron chi connectivity index (χ0n) is 17.0. The third kappa shape index (κ3) is 4.88. The minimum Gasteiger partial charge on any atom is -0.331 e. The van der Waals surface area contributed by atoms with Gasteiger partial charge in [0.1, 0.15) is 12.0 Å². The third-order valence-corrected chi connectivity index (χ3v) is 5.59. The minimum absolute atomic E-state index is 0.0929. The van der Waals surface area contributed by atoms with Gasteiger partial charge in [-0.05, 0) is 37.3 Å². The summed E-state index contributed by atoms with van der Waals surface area (Å²) < 4.78 is 3.74. The first-order chi connectivity index (χ1) is 15.0. The summed E-state index contributed by atoms with van der Waals surface area (Å²) >= 11 is 2.25. The molecule has 4 aromatic rings. The van der Waals surface area contributed by atoms with E-state index < -0.39 is 0 Å². The molecule has 1 N–H and O–H groups in total. The lowest BCUT2D eigenvalue weighted by atomic mass is 10.1. The largest absolute Gasteiger partial charge is 0.331 e. The molecule has 0 bridgehead atoms. The second kappa shape index (κ2) is 9.21. The molecular weight excluding hydrogens is 505 g/mol. The van der Waals surface area contributed by atoms with Crippen LogP contribution >= 0.6 is 22.9 Å². The van der Waals surface area contributed by atoms with E-state index in [4.69, 9.17) is 0 Å². The van der Waals surface area contributed by atoms with Gasteiger partial charge in [0, 0.05) is 23.6 Å². The highest BCUT2D eigenvalue weighted by atomic mass is 127. The first kappa shape index (κ1) is 20.9. The number of para-hydroxylation sites is 1. The van der Waals surface area contributed by atoms with Crippen molar-refractivity contribution in [2.24, 2.45) is 0 Å². The molecule has 31 heavy (non-hydrogen) atoms. The van der Waals surface area contributed by atoms with Gasteiger partial charge in [0.15, 0.2) is 5.82 Å². The molecule has 0 aliphatic rings. The molecular formula is C22H20IN7O. The van der Waals surface area contributed by atoms with E-state index in [0.29, 0.717) is 6.54 Å². The number of benzene rings is 2. The molecule has 0 fully saturated rings. The number of carbonyl (C=O) groups excluding carboxylic acids is 1. The van der Waals surface area contributed by atoms with Gasteiger partial charge in [-0.2, -0.15) is 0 Å². The molecule has 2 heterocycles. The molecule has 2 aromatic heterocycles. The van der Waals surface area contributed by atoms with Crippen molar-refractivity contribution in [1.82, 2.24) is 30.3 Å². The van der Waals surface area contributed by atoms with E-state index in [0.717, 1.165) is 39.4 Å². The molecule has 2 aromatic carbocycles. The molecule has 1 amide bonds. The van der Waals surface area contributed by atoms with Crippen LogP contribution < -0.4 is 8.43 Å². The second-order valence-corrected chi connectivity index (χ2v) is 7.90. The van der Waals surface area contributed by atoms with Crippen molar-refractivity contribution in [3.05, 3.63) is 72.8 Å². The fraction of sp³-hybridized carbons (Fsp3) is 0.136. The Morgan fingerprint density at radius 2 is 2.00 bits per heavy atom. The average molecular weight is 525 g/mol. The quantitative estimate of drug-likeness (QED) is 0.296. The summed E-state index contributed by atoms with van der Waals surface area (Å²) in [5.74, 6) is 0.732. The lowest BCUT2D eigenvalue weighted by molar-refractivity contribution is -0.118. The van der Waals surface area contributed by atoms with Crippen LogP contribution in [0.1, 0.15) is 13.8 Å². The second-order valence-electron chi connectivity index (χ2n) is 6.94. The summed E-state index contributed by atoms with van der Waals surface area (Å²) in [6, 6.07) is 16.0. The molecule has 0 saturated carbocycles. The number of halogens is 1. The molecule has 0 spiro atoms. The highest BCUT2D eigenvalue weighted by molar-refractivity contribution is 14.1. The van der Waals surface area contributed by atoms with Crippen LogP contribution in [0.15, 0.2) is 72.8 Å². The van der Waals surface area contributed by atoms with Crippen molar-refractivity contribution < 1.29 is 4.79 Å². The van der Waals surface area contributed by atoms with Gasteiger partial charge in [-0.25, -0.2) is 14.6 Å². The Morgan fingerprint density at radius 3 is 2.84 bits per heavy atom. The van der Waals surface area contributed by atoms with Crippen LogP contribution in [0.5, 0.6) is 0 Å². The Morgan fingerprint density at radius 1 is 1.16 bits per heavy atom. The van der Waals surface area contributed by atoms with Crippen LogP contribution in [-0.2, 0) is 11.3 Å². The number of nitrogens with zero attached hydrogens (tertiary/aromatic N) is 6. The van der Waals surface area contributed by atoms with Gasteiger partial charge in [-0.3, -0.25) is 7.91 Å². The lowest BCUT2D eigenvalue weighted by Gasteiger charge is -2.17. The van der Waals surface area contributed by atoms with Gasteiger partial charge in [-0.15, -0.1) is 5.10 Å². The molecule has 8 nitrogen and oxygen atoms in total. The smallest absolute Gasteiger partial charge is 0.220 e. The zero-order chi connectivity index (χ0) is 21.8. The van der Waals surface area contributed by atoms with E-state index in [-0.39, 0.29) is 5.91 Å². The molecule has 0 atom stereocenters. The topological polar surface area (TPSA) is 88.8 Å². The van der Waals surface area contributed by atoms with Gasteiger partial charge >= 0.3 is 0 Å². The first-order valence-electron chi connectivity index (χ1n) is 9.62. The molecule has 0 unspecified atom stereocenters. The highest BCUT2D eigenvalue weighted by Crippen LogP contribution is 2.34. The van der Waals surface area contributed by atoms with Gasteiger partial charge in [0.2, 0.25) is 5.91 Å². The van der Waals surface area contributed by atoms with Crippen LogP contribution in [0, 0.1) is 0 Å².